The topological polar surface area (TPSA) is 104 Å². The first-order valence-corrected chi connectivity index (χ1v) is 12.1. The molecule has 0 radical (unpaired) electrons. The third kappa shape index (κ3) is 4.36. The van der Waals surface area contributed by atoms with Crippen LogP contribution in [0.2, 0.25) is 5.02 Å². The number of pyridine rings is 1. The second-order valence-electron chi connectivity index (χ2n) is 8.95. The average Bonchev–Trinajstić information content (AvgIpc) is 3.55. The Kier molecular flexibility index (Phi) is 6.77. The summed E-state index contributed by atoms with van der Waals surface area (Å²) in [5.74, 6) is 6.28. The number of carbonyl (C=O) groups excluding carboxylic acids is 1. The first kappa shape index (κ1) is 25.6. The molecule has 38 heavy (non-hydrogen) atoms. The zero-order chi connectivity index (χ0) is 27.1. The number of imidazole rings is 1. The highest BCUT2D eigenvalue weighted by molar-refractivity contribution is 6.32. The number of nitrogens with zero attached hydrogens (tertiary/aromatic N) is 6. The zero-order valence-electron chi connectivity index (χ0n) is 20.7. The molecule has 12 heteroatoms. The standard InChI is InChI=1S/C26H24ClF2N7O2/c1-4-23(37)34-12-16(10-17(34)13-38-3)36-21-7-8-31-25(30)24(21)19(33-36)6-5-15-9-20-22(11-18(15)27)35(26(28)29)14(2)32-20/h4,7-9,11,16-17,26H,1,10,12-13H2,2-3H3,(H2,30,31)/t16?,17-/m1/s1. The molecule has 9 nitrogen and oxygen atoms in total. The SMILES string of the molecule is C=CC(=O)N1CC(n2nc(C#Cc3cc4nc(C)n(C(F)F)c4cc3Cl)c3c(N)nccc32)C[C@@H]1COC. The molecule has 5 rings (SSSR count). The highest BCUT2D eigenvalue weighted by atomic mass is 35.5. The van der Waals surface area contributed by atoms with Crippen LogP contribution in [0.3, 0.4) is 0 Å². The van der Waals surface area contributed by atoms with E-state index in [0.29, 0.717) is 41.7 Å². The fraction of sp³-hybridized carbons (Fsp3) is 0.308. The van der Waals surface area contributed by atoms with E-state index in [1.807, 2.05) is 4.68 Å². The Morgan fingerprint density at radius 2 is 2.16 bits per heavy atom. The van der Waals surface area contributed by atoms with Crippen molar-refractivity contribution in [3.63, 3.8) is 0 Å². The van der Waals surface area contributed by atoms with Crippen molar-refractivity contribution in [3.05, 3.63) is 59.2 Å². The van der Waals surface area contributed by atoms with Crippen LogP contribution in [0.15, 0.2) is 37.1 Å². The molecule has 0 spiro atoms. The quantitative estimate of drug-likeness (QED) is 0.302. The van der Waals surface area contributed by atoms with E-state index >= 15 is 0 Å². The van der Waals surface area contributed by atoms with E-state index in [0.717, 1.165) is 10.1 Å². The van der Waals surface area contributed by atoms with E-state index in [-0.39, 0.29) is 40.2 Å². The molecule has 1 fully saturated rings. The van der Waals surface area contributed by atoms with Crippen LogP contribution in [0.4, 0.5) is 14.6 Å². The average molecular weight is 540 g/mol. The van der Waals surface area contributed by atoms with Crippen molar-refractivity contribution in [1.29, 1.82) is 0 Å². The summed E-state index contributed by atoms with van der Waals surface area (Å²) in [6.45, 7) is 3.17. The van der Waals surface area contributed by atoms with Gasteiger partial charge in [0.1, 0.15) is 17.3 Å². The number of alkyl halides is 2. The summed E-state index contributed by atoms with van der Waals surface area (Å²) in [4.78, 5) is 22.6. The number of methoxy groups -OCH3 is 1. The van der Waals surface area contributed by atoms with Gasteiger partial charge in [0.25, 0.3) is 0 Å². The molecule has 1 aromatic carbocycles. The summed E-state index contributed by atoms with van der Waals surface area (Å²) < 4.78 is 34.9. The van der Waals surface area contributed by atoms with Crippen LogP contribution in [0.1, 0.15) is 36.1 Å². The normalized spacial score (nSPS) is 17.4. The number of benzene rings is 1. The maximum Gasteiger partial charge on any atom is 0.320 e. The Bertz CT molecular complexity index is 1640. The van der Waals surface area contributed by atoms with Gasteiger partial charge in [-0.1, -0.05) is 24.1 Å². The Morgan fingerprint density at radius 1 is 1.37 bits per heavy atom. The van der Waals surface area contributed by atoms with Crippen molar-refractivity contribution < 1.29 is 18.3 Å². The minimum absolute atomic E-state index is 0.134. The highest BCUT2D eigenvalue weighted by Crippen LogP contribution is 2.33. The monoisotopic (exact) mass is 539 g/mol. The van der Waals surface area contributed by atoms with Crippen molar-refractivity contribution in [2.24, 2.45) is 0 Å². The molecule has 2 N–H and O–H groups in total. The smallest absolute Gasteiger partial charge is 0.320 e. The molecule has 0 aliphatic carbocycles. The van der Waals surface area contributed by atoms with Gasteiger partial charge in [0, 0.05) is 25.4 Å². The van der Waals surface area contributed by atoms with E-state index < -0.39 is 6.55 Å². The summed E-state index contributed by atoms with van der Waals surface area (Å²) in [6, 6.07) is 4.51. The Balaban J connectivity index is 1.57. The fourth-order valence-corrected chi connectivity index (χ4v) is 5.20. The lowest BCUT2D eigenvalue weighted by Crippen LogP contribution is -2.37. The number of hydrogen-bond donors (Lipinski definition) is 1. The Morgan fingerprint density at radius 3 is 2.87 bits per heavy atom. The van der Waals surface area contributed by atoms with Crippen molar-refractivity contribution in [1.82, 2.24) is 29.2 Å². The van der Waals surface area contributed by atoms with Gasteiger partial charge in [0.2, 0.25) is 5.91 Å². The fourth-order valence-electron chi connectivity index (χ4n) is 4.99. The Hall–Kier alpha value is -4.01. The number of nitrogens with two attached hydrogens (primary N) is 1. The van der Waals surface area contributed by atoms with Crippen molar-refractivity contribution >= 4 is 45.3 Å². The summed E-state index contributed by atoms with van der Waals surface area (Å²) in [7, 11) is 1.59. The van der Waals surface area contributed by atoms with Crippen LogP contribution in [-0.4, -0.2) is 61.4 Å². The van der Waals surface area contributed by atoms with Gasteiger partial charge in [-0.15, -0.1) is 0 Å². The third-order valence-electron chi connectivity index (χ3n) is 6.67. The largest absolute Gasteiger partial charge is 0.383 e. The van der Waals surface area contributed by atoms with E-state index in [2.05, 4.69) is 28.4 Å². The predicted molar refractivity (Wildman–Crippen MR) is 140 cm³/mol. The number of carbonyl (C=O) groups is 1. The number of rotatable bonds is 5. The number of halogens is 3. The van der Waals surface area contributed by atoms with Gasteiger partial charge in [0.05, 0.1) is 45.6 Å². The maximum absolute atomic E-state index is 13.5. The van der Waals surface area contributed by atoms with Crippen LogP contribution < -0.4 is 5.73 Å². The molecule has 4 heterocycles. The molecule has 3 aromatic heterocycles. The van der Waals surface area contributed by atoms with Crippen molar-refractivity contribution in [2.45, 2.75) is 32.0 Å². The van der Waals surface area contributed by atoms with Crippen LogP contribution in [0.25, 0.3) is 21.9 Å². The van der Waals surface area contributed by atoms with E-state index in [4.69, 9.17) is 27.2 Å². The summed E-state index contributed by atoms with van der Waals surface area (Å²) >= 11 is 6.41. The van der Waals surface area contributed by atoms with Gasteiger partial charge in [-0.3, -0.25) is 14.0 Å². The number of ether oxygens (including phenoxy) is 1. The number of aryl methyl sites for hydroxylation is 1. The molecule has 1 aliphatic heterocycles. The minimum Gasteiger partial charge on any atom is -0.383 e. The highest BCUT2D eigenvalue weighted by Gasteiger charge is 2.36. The second-order valence-corrected chi connectivity index (χ2v) is 9.36. The van der Waals surface area contributed by atoms with Crippen LogP contribution in [0, 0.1) is 18.8 Å². The number of fused-ring (bicyclic) bond motifs is 2. The van der Waals surface area contributed by atoms with Crippen molar-refractivity contribution in [2.75, 3.05) is 26.0 Å². The minimum atomic E-state index is -2.74. The molecule has 0 saturated carbocycles. The van der Waals surface area contributed by atoms with Crippen molar-refractivity contribution in [3.8, 4) is 11.8 Å². The van der Waals surface area contributed by atoms with E-state index in [9.17, 15) is 13.6 Å². The van der Waals surface area contributed by atoms with Gasteiger partial charge >= 0.3 is 6.55 Å². The van der Waals surface area contributed by atoms with Gasteiger partial charge in [-0.25, -0.2) is 9.97 Å². The van der Waals surface area contributed by atoms with Crippen LogP contribution in [-0.2, 0) is 9.53 Å². The lowest BCUT2D eigenvalue weighted by atomic mass is 10.1. The first-order chi connectivity index (χ1) is 18.2. The number of nitrogen functional groups attached to an aromatic ring is 1. The van der Waals surface area contributed by atoms with Crippen LogP contribution >= 0.6 is 11.6 Å². The zero-order valence-corrected chi connectivity index (χ0v) is 21.4. The first-order valence-electron chi connectivity index (χ1n) is 11.8. The third-order valence-corrected chi connectivity index (χ3v) is 6.98. The molecule has 4 aromatic rings. The molecule has 1 unspecified atom stereocenters. The van der Waals surface area contributed by atoms with Gasteiger partial charge in [-0.05, 0) is 43.5 Å². The molecular formula is C26H24ClF2N7O2. The summed E-state index contributed by atoms with van der Waals surface area (Å²) in [5.41, 5.74) is 8.32. The molecular weight excluding hydrogens is 516 g/mol. The van der Waals surface area contributed by atoms with Gasteiger partial charge < -0.3 is 15.4 Å². The summed E-state index contributed by atoms with van der Waals surface area (Å²) in [6.07, 6.45) is 3.50. The molecule has 1 saturated heterocycles. The summed E-state index contributed by atoms with van der Waals surface area (Å²) in [5, 5.41) is 5.53. The number of anilines is 1. The number of aromatic nitrogens is 5. The molecule has 196 valence electrons. The van der Waals surface area contributed by atoms with Crippen LogP contribution in [0.5, 0.6) is 0 Å². The van der Waals surface area contributed by atoms with Gasteiger partial charge in [0.15, 0.2) is 0 Å². The van der Waals surface area contributed by atoms with Gasteiger partial charge in [-0.2, -0.15) is 13.9 Å². The second kappa shape index (κ2) is 10.0. The maximum atomic E-state index is 13.5. The predicted octanol–water partition coefficient (Wildman–Crippen LogP) is 4.09. The number of likely N-dealkylation sites (tertiary alicyclic amines) is 1. The molecule has 0 bridgehead atoms. The lowest BCUT2D eigenvalue weighted by molar-refractivity contribution is -0.127. The molecule has 1 amide bonds. The van der Waals surface area contributed by atoms with E-state index in [1.54, 1.807) is 30.3 Å². The molecule has 2 atom stereocenters. The van der Waals surface area contributed by atoms with E-state index in [1.165, 1.54) is 19.1 Å². The number of amides is 1. The number of hydrogen-bond acceptors (Lipinski definition) is 6. The lowest BCUT2D eigenvalue weighted by Gasteiger charge is -2.22. The Labute approximate surface area is 221 Å². The molecule has 1 aliphatic rings.